The van der Waals surface area contributed by atoms with E-state index in [0.29, 0.717) is 12.1 Å². The van der Waals surface area contributed by atoms with Gasteiger partial charge in [-0.25, -0.2) is 4.39 Å². The molecule has 0 radical (unpaired) electrons. The van der Waals surface area contributed by atoms with Crippen LogP contribution in [0.1, 0.15) is 5.56 Å². The van der Waals surface area contributed by atoms with Crippen molar-refractivity contribution in [1.82, 2.24) is 0 Å². The molecule has 0 atom stereocenters. The molecule has 0 aliphatic rings. The highest BCUT2D eigenvalue weighted by molar-refractivity contribution is 9.10. The molecule has 0 spiro atoms. The molecule has 2 aromatic rings. The predicted molar refractivity (Wildman–Crippen MR) is 67.9 cm³/mol. The summed E-state index contributed by atoms with van der Waals surface area (Å²) in [6.07, 6.45) is 0. The highest BCUT2D eigenvalue weighted by atomic mass is 79.9. The maximum atomic E-state index is 13.3. The quantitative estimate of drug-likeness (QED) is 0.888. The van der Waals surface area contributed by atoms with E-state index < -0.39 is 0 Å². The summed E-state index contributed by atoms with van der Waals surface area (Å²) in [4.78, 5) is 0. The van der Waals surface area contributed by atoms with Gasteiger partial charge in [-0.2, -0.15) is 0 Å². The maximum Gasteiger partial charge on any atom is 0.128 e. The Morgan fingerprint density at radius 3 is 2.62 bits per heavy atom. The fourth-order valence-corrected chi connectivity index (χ4v) is 1.84. The SMILES string of the molecule is Fc1ccccc1CNc1cccc(Br)c1. The van der Waals surface area contributed by atoms with Crippen molar-refractivity contribution in [3.63, 3.8) is 0 Å². The first-order valence-corrected chi connectivity index (χ1v) is 5.78. The Morgan fingerprint density at radius 1 is 1.06 bits per heavy atom. The van der Waals surface area contributed by atoms with Gasteiger partial charge in [-0.15, -0.1) is 0 Å². The Hall–Kier alpha value is -1.35. The van der Waals surface area contributed by atoms with Crippen LogP contribution in [-0.4, -0.2) is 0 Å². The molecule has 3 heteroatoms. The fourth-order valence-electron chi connectivity index (χ4n) is 1.44. The molecule has 0 fully saturated rings. The van der Waals surface area contributed by atoms with Crippen LogP contribution in [0.15, 0.2) is 53.0 Å². The van der Waals surface area contributed by atoms with Gasteiger partial charge in [0.2, 0.25) is 0 Å². The van der Waals surface area contributed by atoms with Crippen molar-refractivity contribution in [2.24, 2.45) is 0 Å². The van der Waals surface area contributed by atoms with Crippen molar-refractivity contribution in [1.29, 1.82) is 0 Å². The zero-order valence-electron chi connectivity index (χ0n) is 8.58. The highest BCUT2D eigenvalue weighted by Gasteiger charge is 2.00. The molecular formula is C13H11BrFN. The van der Waals surface area contributed by atoms with Crippen LogP contribution < -0.4 is 5.32 Å². The van der Waals surface area contributed by atoms with Crippen LogP contribution in [0, 0.1) is 5.82 Å². The first kappa shape index (κ1) is 11.1. The van der Waals surface area contributed by atoms with Crippen LogP contribution in [0.5, 0.6) is 0 Å². The van der Waals surface area contributed by atoms with Gasteiger partial charge >= 0.3 is 0 Å². The molecule has 0 saturated carbocycles. The first-order chi connectivity index (χ1) is 7.75. The van der Waals surface area contributed by atoms with Crippen LogP contribution in [0.3, 0.4) is 0 Å². The Morgan fingerprint density at radius 2 is 1.88 bits per heavy atom. The van der Waals surface area contributed by atoms with Crippen molar-refractivity contribution in [2.75, 3.05) is 5.32 Å². The van der Waals surface area contributed by atoms with E-state index in [1.807, 2.05) is 30.3 Å². The molecule has 0 amide bonds. The molecule has 0 heterocycles. The van der Waals surface area contributed by atoms with Crippen molar-refractivity contribution in [3.05, 3.63) is 64.4 Å². The summed E-state index contributed by atoms with van der Waals surface area (Å²) in [5.41, 5.74) is 1.64. The Bertz CT molecular complexity index is 485. The van der Waals surface area contributed by atoms with Crippen LogP contribution in [0.4, 0.5) is 10.1 Å². The lowest BCUT2D eigenvalue weighted by Gasteiger charge is -2.07. The molecule has 1 nitrogen and oxygen atoms in total. The largest absolute Gasteiger partial charge is 0.381 e. The minimum atomic E-state index is -0.176. The Kier molecular flexibility index (Phi) is 3.57. The molecule has 82 valence electrons. The smallest absolute Gasteiger partial charge is 0.128 e. The summed E-state index contributed by atoms with van der Waals surface area (Å²) < 4.78 is 14.3. The minimum Gasteiger partial charge on any atom is -0.381 e. The lowest BCUT2D eigenvalue weighted by atomic mass is 10.2. The van der Waals surface area contributed by atoms with Gasteiger partial charge in [0.1, 0.15) is 5.82 Å². The first-order valence-electron chi connectivity index (χ1n) is 4.98. The number of hydrogen-bond donors (Lipinski definition) is 1. The highest BCUT2D eigenvalue weighted by Crippen LogP contribution is 2.17. The van der Waals surface area contributed by atoms with Crippen molar-refractivity contribution in [3.8, 4) is 0 Å². The third-order valence-electron chi connectivity index (χ3n) is 2.27. The summed E-state index contributed by atoms with van der Waals surface area (Å²) in [6, 6.07) is 14.6. The number of anilines is 1. The zero-order valence-corrected chi connectivity index (χ0v) is 10.2. The van der Waals surface area contributed by atoms with Crippen LogP contribution in [0.25, 0.3) is 0 Å². The van der Waals surface area contributed by atoms with Crippen LogP contribution in [-0.2, 0) is 6.54 Å². The molecule has 16 heavy (non-hydrogen) atoms. The molecule has 0 bridgehead atoms. The Labute approximate surface area is 102 Å². The van der Waals surface area contributed by atoms with Gasteiger partial charge in [-0.1, -0.05) is 40.2 Å². The summed E-state index contributed by atoms with van der Waals surface area (Å²) >= 11 is 3.39. The summed E-state index contributed by atoms with van der Waals surface area (Å²) in [6.45, 7) is 0.489. The zero-order chi connectivity index (χ0) is 11.4. The van der Waals surface area contributed by atoms with Gasteiger partial charge in [0.15, 0.2) is 0 Å². The second-order valence-electron chi connectivity index (χ2n) is 3.46. The number of benzene rings is 2. The number of rotatable bonds is 3. The monoisotopic (exact) mass is 279 g/mol. The summed E-state index contributed by atoms with van der Waals surface area (Å²) in [5.74, 6) is -0.176. The lowest BCUT2D eigenvalue weighted by molar-refractivity contribution is 0.613. The minimum absolute atomic E-state index is 0.176. The lowest BCUT2D eigenvalue weighted by Crippen LogP contribution is -2.01. The fraction of sp³-hybridized carbons (Fsp3) is 0.0769. The van der Waals surface area contributed by atoms with Gasteiger partial charge in [0.25, 0.3) is 0 Å². The van der Waals surface area contributed by atoms with E-state index in [0.717, 1.165) is 10.2 Å². The normalized spacial score (nSPS) is 10.1. The van der Waals surface area contributed by atoms with E-state index in [9.17, 15) is 4.39 Å². The van der Waals surface area contributed by atoms with Gasteiger partial charge in [-0.3, -0.25) is 0 Å². The van der Waals surface area contributed by atoms with Crippen molar-refractivity contribution in [2.45, 2.75) is 6.54 Å². The molecule has 0 unspecified atom stereocenters. The standard InChI is InChI=1S/C13H11BrFN/c14-11-5-3-6-12(8-11)16-9-10-4-1-2-7-13(10)15/h1-8,16H,9H2. The number of halogens is 2. The average molecular weight is 280 g/mol. The van der Waals surface area contributed by atoms with E-state index >= 15 is 0 Å². The molecule has 0 aliphatic heterocycles. The van der Waals surface area contributed by atoms with Gasteiger partial charge in [0.05, 0.1) is 0 Å². The van der Waals surface area contributed by atoms with Gasteiger partial charge < -0.3 is 5.32 Å². The molecular weight excluding hydrogens is 269 g/mol. The van der Waals surface area contributed by atoms with Crippen molar-refractivity contribution < 1.29 is 4.39 Å². The van der Waals surface area contributed by atoms with E-state index in [4.69, 9.17) is 0 Å². The van der Waals surface area contributed by atoms with E-state index in [1.54, 1.807) is 12.1 Å². The topological polar surface area (TPSA) is 12.0 Å². The van der Waals surface area contributed by atoms with Gasteiger partial charge in [0, 0.05) is 22.3 Å². The molecule has 0 aliphatic carbocycles. The van der Waals surface area contributed by atoms with Gasteiger partial charge in [-0.05, 0) is 24.3 Å². The number of nitrogens with one attached hydrogen (secondary N) is 1. The third-order valence-corrected chi connectivity index (χ3v) is 2.76. The van der Waals surface area contributed by atoms with Crippen LogP contribution in [0.2, 0.25) is 0 Å². The maximum absolute atomic E-state index is 13.3. The van der Waals surface area contributed by atoms with Crippen molar-refractivity contribution >= 4 is 21.6 Å². The second kappa shape index (κ2) is 5.12. The number of hydrogen-bond acceptors (Lipinski definition) is 1. The second-order valence-corrected chi connectivity index (χ2v) is 4.37. The Balaban J connectivity index is 2.05. The molecule has 0 aromatic heterocycles. The molecule has 2 aromatic carbocycles. The predicted octanol–water partition coefficient (Wildman–Crippen LogP) is 4.20. The van der Waals surface area contributed by atoms with E-state index in [-0.39, 0.29) is 5.82 Å². The van der Waals surface area contributed by atoms with E-state index in [1.165, 1.54) is 6.07 Å². The molecule has 0 saturated heterocycles. The van der Waals surface area contributed by atoms with Crippen LogP contribution >= 0.6 is 15.9 Å². The van der Waals surface area contributed by atoms with E-state index in [2.05, 4.69) is 21.2 Å². The summed E-state index contributed by atoms with van der Waals surface area (Å²) in [7, 11) is 0. The molecule has 2 rings (SSSR count). The third kappa shape index (κ3) is 2.83. The summed E-state index contributed by atoms with van der Waals surface area (Å²) in [5, 5.41) is 3.17. The average Bonchev–Trinajstić information content (AvgIpc) is 2.28. The molecule has 1 N–H and O–H groups in total.